The van der Waals surface area contributed by atoms with Crippen LogP contribution in [0.2, 0.25) is 0 Å². The molecule has 7 heteroatoms. The highest BCUT2D eigenvalue weighted by Gasteiger charge is 2.15. The molecule has 6 nitrogen and oxygen atoms in total. The van der Waals surface area contributed by atoms with E-state index in [1.54, 1.807) is 17.7 Å². The van der Waals surface area contributed by atoms with Crippen molar-refractivity contribution in [2.24, 2.45) is 0 Å². The van der Waals surface area contributed by atoms with E-state index in [9.17, 15) is 9.59 Å². The van der Waals surface area contributed by atoms with Gasteiger partial charge in [0.05, 0.1) is 29.5 Å². The van der Waals surface area contributed by atoms with Gasteiger partial charge in [-0.25, -0.2) is 4.98 Å². The molecule has 33 heavy (non-hydrogen) atoms. The number of carbonyl (C=O) groups is 1. The maximum absolute atomic E-state index is 13.4. The first kappa shape index (κ1) is 22.6. The summed E-state index contributed by atoms with van der Waals surface area (Å²) in [7, 11) is 1.61. The molecule has 0 radical (unpaired) electrons. The van der Waals surface area contributed by atoms with E-state index in [2.05, 4.69) is 5.32 Å². The molecule has 0 unspecified atom stereocenters. The van der Waals surface area contributed by atoms with Crippen molar-refractivity contribution in [2.45, 2.75) is 25.5 Å². The highest BCUT2D eigenvalue weighted by atomic mass is 32.2. The van der Waals surface area contributed by atoms with Crippen LogP contribution in [0.5, 0.6) is 5.75 Å². The van der Waals surface area contributed by atoms with E-state index in [1.807, 2.05) is 74.5 Å². The quantitative estimate of drug-likeness (QED) is 0.327. The van der Waals surface area contributed by atoms with Gasteiger partial charge >= 0.3 is 0 Å². The lowest BCUT2D eigenvalue weighted by Crippen LogP contribution is -2.26. The van der Waals surface area contributed by atoms with Gasteiger partial charge in [0.15, 0.2) is 5.16 Å². The van der Waals surface area contributed by atoms with Crippen molar-refractivity contribution < 1.29 is 9.53 Å². The first-order valence-corrected chi connectivity index (χ1v) is 11.6. The molecule has 0 atom stereocenters. The van der Waals surface area contributed by atoms with E-state index >= 15 is 0 Å². The zero-order valence-corrected chi connectivity index (χ0v) is 19.6. The van der Waals surface area contributed by atoms with E-state index in [-0.39, 0.29) is 17.2 Å². The van der Waals surface area contributed by atoms with Gasteiger partial charge in [0.25, 0.3) is 5.56 Å². The monoisotopic (exact) mass is 459 g/mol. The molecule has 1 N–H and O–H groups in total. The van der Waals surface area contributed by atoms with E-state index in [4.69, 9.17) is 9.72 Å². The lowest BCUT2D eigenvalue weighted by molar-refractivity contribution is -0.118. The molecule has 1 aromatic heterocycles. The molecule has 0 fully saturated rings. The van der Waals surface area contributed by atoms with Crippen molar-refractivity contribution >= 4 is 28.6 Å². The molecule has 0 saturated carbocycles. The number of para-hydroxylation sites is 2. The van der Waals surface area contributed by atoms with Crippen LogP contribution in [-0.2, 0) is 11.3 Å². The van der Waals surface area contributed by atoms with Gasteiger partial charge in [-0.15, -0.1) is 0 Å². The summed E-state index contributed by atoms with van der Waals surface area (Å²) in [4.78, 5) is 30.7. The number of hydrogen-bond donors (Lipinski definition) is 1. The van der Waals surface area contributed by atoms with Crippen LogP contribution in [0.25, 0.3) is 16.6 Å². The number of carbonyl (C=O) groups excluding carboxylic acids is 1. The molecule has 4 aromatic rings. The van der Waals surface area contributed by atoms with Gasteiger partial charge in [0, 0.05) is 12.1 Å². The Kier molecular flexibility index (Phi) is 6.79. The van der Waals surface area contributed by atoms with Crippen LogP contribution < -0.4 is 15.6 Å². The summed E-state index contributed by atoms with van der Waals surface area (Å²) in [5.74, 6) is 0.704. The zero-order valence-electron chi connectivity index (χ0n) is 18.8. The largest absolute Gasteiger partial charge is 0.496 e. The summed E-state index contributed by atoms with van der Waals surface area (Å²) in [6.45, 7) is 4.40. The highest BCUT2D eigenvalue weighted by Crippen LogP contribution is 2.23. The third-order valence-electron chi connectivity index (χ3n) is 5.49. The first-order chi connectivity index (χ1) is 16.0. The van der Waals surface area contributed by atoms with Gasteiger partial charge in [-0.2, -0.15) is 0 Å². The molecule has 4 rings (SSSR count). The van der Waals surface area contributed by atoms with Crippen molar-refractivity contribution in [3.63, 3.8) is 0 Å². The van der Waals surface area contributed by atoms with Crippen molar-refractivity contribution in [3.05, 3.63) is 93.8 Å². The average Bonchev–Trinajstić information content (AvgIpc) is 2.83. The fourth-order valence-corrected chi connectivity index (χ4v) is 4.37. The third-order valence-corrected chi connectivity index (χ3v) is 6.43. The van der Waals surface area contributed by atoms with Gasteiger partial charge in [0.1, 0.15) is 5.75 Å². The second kappa shape index (κ2) is 9.92. The Bertz CT molecular complexity index is 1380. The summed E-state index contributed by atoms with van der Waals surface area (Å²) in [6, 6.07) is 20.7. The predicted molar refractivity (Wildman–Crippen MR) is 132 cm³/mol. The summed E-state index contributed by atoms with van der Waals surface area (Å²) in [5.41, 5.74) is 4.32. The van der Waals surface area contributed by atoms with Gasteiger partial charge in [-0.05, 0) is 55.3 Å². The molecule has 168 valence electrons. The SMILES string of the molecule is COc1ccccc1CNC(=O)CSc1nc2ccccc2c(=O)n1-c1ccc(C)c(C)c1. The van der Waals surface area contributed by atoms with Gasteiger partial charge < -0.3 is 10.1 Å². The average molecular weight is 460 g/mol. The second-order valence-electron chi connectivity index (χ2n) is 7.70. The number of hydrogen-bond acceptors (Lipinski definition) is 5. The minimum absolute atomic E-state index is 0.130. The smallest absolute Gasteiger partial charge is 0.266 e. The number of benzene rings is 3. The van der Waals surface area contributed by atoms with Crippen molar-refractivity contribution in [3.8, 4) is 11.4 Å². The number of rotatable bonds is 7. The molecule has 1 heterocycles. The van der Waals surface area contributed by atoms with E-state index in [1.165, 1.54) is 11.8 Å². The van der Waals surface area contributed by atoms with Gasteiger partial charge in [-0.3, -0.25) is 14.2 Å². The van der Waals surface area contributed by atoms with Crippen LogP contribution in [0.3, 0.4) is 0 Å². The summed E-state index contributed by atoms with van der Waals surface area (Å²) in [6.07, 6.45) is 0. The molecule has 3 aromatic carbocycles. The summed E-state index contributed by atoms with van der Waals surface area (Å²) in [5, 5.41) is 3.94. The van der Waals surface area contributed by atoms with Crippen LogP contribution in [0.4, 0.5) is 0 Å². The predicted octanol–water partition coefficient (Wildman–Crippen LogP) is 4.42. The maximum Gasteiger partial charge on any atom is 0.266 e. The van der Waals surface area contributed by atoms with E-state index in [0.29, 0.717) is 22.6 Å². The molecule has 1 amide bonds. The molecule has 0 saturated heterocycles. The van der Waals surface area contributed by atoms with Crippen molar-refractivity contribution in [2.75, 3.05) is 12.9 Å². The number of amides is 1. The van der Waals surface area contributed by atoms with Crippen molar-refractivity contribution in [1.82, 2.24) is 14.9 Å². The van der Waals surface area contributed by atoms with Crippen LogP contribution in [0.15, 0.2) is 76.7 Å². The van der Waals surface area contributed by atoms with Gasteiger partial charge in [0.2, 0.25) is 5.91 Å². The molecular formula is C26H25N3O3S. The standard InChI is InChI=1S/C26H25N3O3S/c1-17-12-13-20(14-18(17)2)29-25(31)21-9-5-6-10-22(21)28-26(29)33-16-24(30)27-15-19-8-4-7-11-23(19)32-3/h4-14H,15-16H2,1-3H3,(H,27,30). The van der Waals surface area contributed by atoms with Crippen LogP contribution in [0, 0.1) is 13.8 Å². The van der Waals surface area contributed by atoms with Crippen LogP contribution in [0.1, 0.15) is 16.7 Å². The Morgan fingerprint density at radius 3 is 2.58 bits per heavy atom. The Morgan fingerprint density at radius 1 is 1.03 bits per heavy atom. The number of aromatic nitrogens is 2. The van der Waals surface area contributed by atoms with Crippen molar-refractivity contribution in [1.29, 1.82) is 0 Å². The third kappa shape index (κ3) is 4.93. The number of ether oxygens (including phenoxy) is 1. The second-order valence-corrected chi connectivity index (χ2v) is 8.64. The number of nitrogens with zero attached hydrogens (tertiary/aromatic N) is 2. The van der Waals surface area contributed by atoms with E-state index < -0.39 is 0 Å². The first-order valence-electron chi connectivity index (χ1n) is 10.6. The Morgan fingerprint density at radius 2 is 1.79 bits per heavy atom. The topological polar surface area (TPSA) is 73.2 Å². The Balaban J connectivity index is 1.60. The number of fused-ring (bicyclic) bond motifs is 1. The minimum atomic E-state index is -0.153. The molecule has 0 aliphatic heterocycles. The lowest BCUT2D eigenvalue weighted by Gasteiger charge is -2.14. The Labute approximate surface area is 196 Å². The fraction of sp³-hybridized carbons (Fsp3) is 0.192. The van der Waals surface area contributed by atoms with E-state index in [0.717, 1.165) is 28.1 Å². The molecule has 0 bridgehead atoms. The molecule has 0 aliphatic rings. The number of thioether (sulfide) groups is 1. The number of aryl methyl sites for hydroxylation is 2. The normalized spacial score (nSPS) is 10.9. The van der Waals surface area contributed by atoms with Crippen LogP contribution in [-0.4, -0.2) is 28.3 Å². The lowest BCUT2D eigenvalue weighted by atomic mass is 10.1. The minimum Gasteiger partial charge on any atom is -0.496 e. The molecule has 0 aliphatic carbocycles. The summed E-state index contributed by atoms with van der Waals surface area (Å²) < 4.78 is 6.93. The number of methoxy groups -OCH3 is 1. The maximum atomic E-state index is 13.4. The highest BCUT2D eigenvalue weighted by molar-refractivity contribution is 7.99. The fourth-order valence-electron chi connectivity index (χ4n) is 3.53. The summed E-state index contributed by atoms with van der Waals surface area (Å²) >= 11 is 1.24. The van der Waals surface area contributed by atoms with Crippen LogP contribution >= 0.6 is 11.8 Å². The Hall–Kier alpha value is -3.58. The van der Waals surface area contributed by atoms with Gasteiger partial charge in [-0.1, -0.05) is 48.2 Å². The molecular weight excluding hydrogens is 434 g/mol. The molecule has 0 spiro atoms. The number of nitrogens with one attached hydrogen (secondary N) is 1. The zero-order chi connectivity index (χ0) is 23.4.